The summed E-state index contributed by atoms with van der Waals surface area (Å²) in [7, 11) is -3.72. The lowest BCUT2D eigenvalue weighted by atomic mass is 10.1. The highest BCUT2D eigenvalue weighted by Gasteiger charge is 2.15. The molecule has 7 heteroatoms. The second kappa shape index (κ2) is 9.09. The normalized spacial score (nSPS) is 11.2. The summed E-state index contributed by atoms with van der Waals surface area (Å²) >= 11 is 0. The summed E-state index contributed by atoms with van der Waals surface area (Å²) in [6, 6.07) is 17.4. The van der Waals surface area contributed by atoms with Gasteiger partial charge in [-0.3, -0.25) is 9.52 Å². The zero-order valence-electron chi connectivity index (χ0n) is 16.8. The van der Waals surface area contributed by atoms with Gasteiger partial charge in [0, 0.05) is 17.8 Å². The fourth-order valence-electron chi connectivity index (χ4n) is 2.90. The predicted octanol–water partition coefficient (Wildman–Crippen LogP) is 4.22. The minimum Gasteiger partial charge on any atom is -0.352 e. The van der Waals surface area contributed by atoms with Crippen molar-refractivity contribution in [1.82, 2.24) is 5.32 Å². The lowest BCUT2D eigenvalue weighted by molar-refractivity contribution is 0.0954. The number of benzene rings is 3. The van der Waals surface area contributed by atoms with Crippen molar-refractivity contribution in [3.8, 4) is 0 Å². The van der Waals surface area contributed by atoms with Crippen LogP contribution < -0.4 is 10.0 Å². The van der Waals surface area contributed by atoms with Crippen LogP contribution in [0.15, 0.2) is 71.6 Å². The van der Waals surface area contributed by atoms with Crippen LogP contribution in [-0.4, -0.2) is 20.9 Å². The van der Waals surface area contributed by atoms with Crippen molar-refractivity contribution in [2.75, 3.05) is 11.3 Å². The zero-order valence-corrected chi connectivity index (χ0v) is 17.6. The van der Waals surface area contributed by atoms with Crippen LogP contribution in [0.3, 0.4) is 0 Å². The molecule has 0 atom stereocenters. The van der Waals surface area contributed by atoms with Gasteiger partial charge >= 0.3 is 0 Å². The topological polar surface area (TPSA) is 75.3 Å². The van der Waals surface area contributed by atoms with E-state index in [-0.39, 0.29) is 16.6 Å². The van der Waals surface area contributed by atoms with E-state index < -0.39 is 10.0 Å². The lowest BCUT2D eigenvalue weighted by Crippen LogP contribution is -2.25. The average Bonchev–Trinajstić information content (AvgIpc) is 2.70. The van der Waals surface area contributed by atoms with Crippen LogP contribution in [0.4, 0.5) is 10.1 Å². The standard InChI is InChI=1S/C23H23FN2O3S/c1-16-6-11-22(14-17(16)2)30(28,29)26-21-9-7-19(8-10-21)23(27)25-13-12-18-4-3-5-20(24)15-18/h3-11,14-15,26H,12-13H2,1-2H3,(H,25,27). The van der Waals surface area contributed by atoms with Crippen LogP contribution in [0.2, 0.25) is 0 Å². The summed E-state index contributed by atoms with van der Waals surface area (Å²) in [5.74, 6) is -0.590. The maximum Gasteiger partial charge on any atom is 0.261 e. The molecular formula is C23H23FN2O3S. The highest BCUT2D eigenvalue weighted by Crippen LogP contribution is 2.19. The third-order valence-electron chi connectivity index (χ3n) is 4.78. The fraction of sp³-hybridized carbons (Fsp3) is 0.174. The maximum absolute atomic E-state index is 13.2. The molecule has 0 bridgehead atoms. The summed E-state index contributed by atoms with van der Waals surface area (Å²) < 4.78 is 40.8. The number of carbonyl (C=O) groups is 1. The molecule has 0 radical (unpaired) electrons. The molecule has 0 aliphatic heterocycles. The van der Waals surface area contributed by atoms with Crippen LogP contribution in [0, 0.1) is 19.7 Å². The lowest BCUT2D eigenvalue weighted by Gasteiger charge is -2.10. The van der Waals surface area contributed by atoms with E-state index in [0.29, 0.717) is 24.2 Å². The Hall–Kier alpha value is -3.19. The van der Waals surface area contributed by atoms with Gasteiger partial charge in [0.1, 0.15) is 5.82 Å². The monoisotopic (exact) mass is 426 g/mol. The van der Waals surface area contributed by atoms with Gasteiger partial charge in [0.2, 0.25) is 0 Å². The first-order chi connectivity index (χ1) is 14.2. The van der Waals surface area contributed by atoms with Crippen molar-refractivity contribution >= 4 is 21.6 Å². The first kappa shape index (κ1) is 21.5. The van der Waals surface area contributed by atoms with Crippen LogP contribution in [0.1, 0.15) is 27.0 Å². The molecular weight excluding hydrogens is 403 g/mol. The number of halogens is 1. The molecule has 3 aromatic rings. The zero-order chi connectivity index (χ0) is 21.7. The fourth-order valence-corrected chi connectivity index (χ4v) is 4.04. The van der Waals surface area contributed by atoms with Crippen LogP contribution in [0.5, 0.6) is 0 Å². The number of nitrogens with one attached hydrogen (secondary N) is 2. The van der Waals surface area contributed by atoms with Gasteiger partial charge in [-0.25, -0.2) is 12.8 Å². The second-order valence-corrected chi connectivity index (χ2v) is 8.75. The Labute approximate surface area is 176 Å². The van der Waals surface area contributed by atoms with Crippen LogP contribution in [0.25, 0.3) is 0 Å². The third-order valence-corrected chi connectivity index (χ3v) is 6.16. The molecule has 156 valence electrons. The van der Waals surface area contributed by atoms with Gasteiger partial charge < -0.3 is 5.32 Å². The molecule has 0 saturated carbocycles. The molecule has 2 N–H and O–H groups in total. The van der Waals surface area contributed by atoms with Crippen molar-refractivity contribution in [3.05, 3.63) is 94.8 Å². The molecule has 3 aromatic carbocycles. The minimum absolute atomic E-state index is 0.185. The number of anilines is 1. The summed E-state index contributed by atoms with van der Waals surface area (Å²) in [6.45, 7) is 4.14. The van der Waals surface area contributed by atoms with Crippen molar-refractivity contribution in [3.63, 3.8) is 0 Å². The Morgan fingerprint density at radius 1 is 0.933 bits per heavy atom. The highest BCUT2D eigenvalue weighted by atomic mass is 32.2. The quantitative estimate of drug-likeness (QED) is 0.594. The van der Waals surface area contributed by atoms with E-state index in [1.165, 1.54) is 12.1 Å². The Morgan fingerprint density at radius 3 is 2.33 bits per heavy atom. The number of aryl methyl sites for hydroxylation is 2. The molecule has 0 aliphatic carbocycles. The molecule has 0 fully saturated rings. The summed E-state index contributed by atoms with van der Waals surface area (Å²) in [5, 5.41) is 2.77. The molecule has 5 nitrogen and oxygen atoms in total. The number of carbonyl (C=O) groups excluding carboxylic acids is 1. The van der Waals surface area contributed by atoms with Gasteiger partial charge in [0.25, 0.3) is 15.9 Å². The highest BCUT2D eigenvalue weighted by molar-refractivity contribution is 7.92. The first-order valence-corrected chi connectivity index (χ1v) is 11.0. The van der Waals surface area contributed by atoms with Crippen molar-refractivity contribution in [2.45, 2.75) is 25.2 Å². The van der Waals surface area contributed by atoms with E-state index >= 15 is 0 Å². The van der Waals surface area contributed by atoms with Gasteiger partial charge in [-0.15, -0.1) is 0 Å². The predicted molar refractivity (Wildman–Crippen MR) is 116 cm³/mol. The Morgan fingerprint density at radius 2 is 1.67 bits per heavy atom. The molecule has 30 heavy (non-hydrogen) atoms. The molecule has 0 spiro atoms. The molecule has 0 heterocycles. The number of sulfonamides is 1. The van der Waals surface area contributed by atoms with E-state index in [4.69, 9.17) is 0 Å². The van der Waals surface area contributed by atoms with Crippen molar-refractivity contribution in [2.24, 2.45) is 0 Å². The SMILES string of the molecule is Cc1ccc(S(=O)(=O)Nc2ccc(C(=O)NCCc3cccc(F)c3)cc2)cc1C. The molecule has 0 aromatic heterocycles. The number of rotatable bonds is 7. The van der Waals surface area contributed by atoms with E-state index in [1.54, 1.807) is 54.6 Å². The van der Waals surface area contributed by atoms with E-state index in [2.05, 4.69) is 10.0 Å². The van der Waals surface area contributed by atoms with Gasteiger partial charge in [0.15, 0.2) is 0 Å². The molecule has 0 aliphatic rings. The van der Waals surface area contributed by atoms with E-state index in [0.717, 1.165) is 16.7 Å². The van der Waals surface area contributed by atoms with Crippen LogP contribution >= 0.6 is 0 Å². The molecule has 1 amide bonds. The third kappa shape index (κ3) is 5.45. The number of hydrogen-bond acceptors (Lipinski definition) is 3. The molecule has 3 rings (SSSR count). The Balaban J connectivity index is 1.59. The van der Waals surface area contributed by atoms with E-state index in [1.807, 2.05) is 13.8 Å². The second-order valence-electron chi connectivity index (χ2n) is 7.06. The maximum atomic E-state index is 13.2. The van der Waals surface area contributed by atoms with Gasteiger partial charge in [-0.2, -0.15) is 0 Å². The number of hydrogen-bond donors (Lipinski definition) is 2. The van der Waals surface area contributed by atoms with Crippen LogP contribution in [-0.2, 0) is 16.4 Å². The number of amides is 1. The first-order valence-electron chi connectivity index (χ1n) is 9.47. The van der Waals surface area contributed by atoms with E-state index in [9.17, 15) is 17.6 Å². The molecule has 0 saturated heterocycles. The van der Waals surface area contributed by atoms with Gasteiger partial charge in [0.05, 0.1) is 4.90 Å². The largest absolute Gasteiger partial charge is 0.352 e. The average molecular weight is 427 g/mol. The van der Waals surface area contributed by atoms with Gasteiger partial charge in [-0.05, 0) is 85.5 Å². The minimum atomic E-state index is -3.72. The summed E-state index contributed by atoms with van der Waals surface area (Å²) in [6.07, 6.45) is 0.511. The Kier molecular flexibility index (Phi) is 6.52. The van der Waals surface area contributed by atoms with Gasteiger partial charge in [-0.1, -0.05) is 18.2 Å². The molecule has 0 unspecified atom stereocenters. The Bertz CT molecular complexity index is 1160. The van der Waals surface area contributed by atoms with Crippen molar-refractivity contribution in [1.29, 1.82) is 0 Å². The summed E-state index contributed by atoms with van der Waals surface area (Å²) in [4.78, 5) is 12.5. The smallest absolute Gasteiger partial charge is 0.261 e. The van der Waals surface area contributed by atoms with Crippen molar-refractivity contribution < 1.29 is 17.6 Å². The summed E-state index contributed by atoms with van der Waals surface area (Å²) in [5.41, 5.74) is 3.48.